The molecular formula is C10H9FO. The number of hydrogen-bond acceptors (Lipinski definition) is 1. The lowest BCUT2D eigenvalue weighted by Gasteiger charge is -2.10. The summed E-state index contributed by atoms with van der Waals surface area (Å²) < 4.78 is 12.7. The summed E-state index contributed by atoms with van der Waals surface area (Å²) in [6.45, 7) is 0. The molecule has 0 spiro atoms. The molecule has 1 aromatic carbocycles. The molecule has 0 radical (unpaired) electrons. The molecule has 0 fully saturated rings. The highest BCUT2D eigenvalue weighted by Gasteiger charge is 2.16. The van der Waals surface area contributed by atoms with E-state index in [0.29, 0.717) is 5.56 Å². The Morgan fingerprint density at radius 3 is 2.42 bits per heavy atom. The van der Waals surface area contributed by atoms with E-state index in [1.807, 2.05) is 5.92 Å². The number of alkyl halides is 1. The lowest BCUT2D eigenvalue weighted by Crippen LogP contribution is -2.10. The van der Waals surface area contributed by atoms with Gasteiger partial charge in [0.1, 0.15) is 6.10 Å². The van der Waals surface area contributed by atoms with Crippen LogP contribution < -0.4 is 0 Å². The van der Waals surface area contributed by atoms with E-state index in [0.717, 1.165) is 0 Å². The van der Waals surface area contributed by atoms with Gasteiger partial charge in [-0.2, -0.15) is 0 Å². The van der Waals surface area contributed by atoms with E-state index in [-0.39, 0.29) is 0 Å². The zero-order valence-electron chi connectivity index (χ0n) is 6.44. The summed E-state index contributed by atoms with van der Waals surface area (Å²) in [4.78, 5) is 0. The molecule has 1 nitrogen and oxygen atoms in total. The minimum atomic E-state index is -1.63. The Kier molecular flexibility index (Phi) is 2.84. The third kappa shape index (κ3) is 1.84. The van der Waals surface area contributed by atoms with Crippen LogP contribution in [0.3, 0.4) is 0 Å². The second kappa shape index (κ2) is 3.89. The molecule has 0 aliphatic carbocycles. The molecule has 0 aromatic heterocycles. The third-order valence-corrected chi connectivity index (χ3v) is 1.58. The highest BCUT2D eigenvalue weighted by Crippen LogP contribution is 2.17. The van der Waals surface area contributed by atoms with E-state index in [1.165, 1.54) is 0 Å². The number of terminal acetylenes is 1. The highest BCUT2D eigenvalue weighted by atomic mass is 19.1. The van der Waals surface area contributed by atoms with Crippen LogP contribution in [0.2, 0.25) is 0 Å². The zero-order valence-corrected chi connectivity index (χ0v) is 6.44. The van der Waals surface area contributed by atoms with Crippen molar-refractivity contribution in [2.24, 2.45) is 0 Å². The van der Waals surface area contributed by atoms with Crippen molar-refractivity contribution in [2.75, 3.05) is 0 Å². The first-order chi connectivity index (χ1) is 5.75. The van der Waals surface area contributed by atoms with Crippen LogP contribution in [0, 0.1) is 12.3 Å². The number of hydrogen-bond donors (Lipinski definition) is 1. The lowest BCUT2D eigenvalue weighted by atomic mass is 10.1. The van der Waals surface area contributed by atoms with Crippen LogP contribution in [0.5, 0.6) is 0 Å². The molecule has 2 unspecified atom stereocenters. The molecule has 0 aliphatic heterocycles. The van der Waals surface area contributed by atoms with Crippen LogP contribution in [0.4, 0.5) is 4.39 Å². The van der Waals surface area contributed by atoms with Gasteiger partial charge < -0.3 is 5.11 Å². The molecule has 1 aromatic rings. The van der Waals surface area contributed by atoms with Crippen molar-refractivity contribution in [3.8, 4) is 12.3 Å². The third-order valence-electron chi connectivity index (χ3n) is 1.58. The first-order valence-electron chi connectivity index (χ1n) is 3.59. The molecule has 2 heteroatoms. The smallest absolute Gasteiger partial charge is 0.190 e. The van der Waals surface area contributed by atoms with Crippen LogP contribution in [0.1, 0.15) is 11.7 Å². The summed E-state index contributed by atoms with van der Waals surface area (Å²) in [5.74, 6) is 1.85. The second-order valence-corrected chi connectivity index (χ2v) is 2.42. The Hall–Kier alpha value is -1.33. The van der Waals surface area contributed by atoms with E-state index in [4.69, 9.17) is 6.42 Å². The van der Waals surface area contributed by atoms with Gasteiger partial charge >= 0.3 is 0 Å². The van der Waals surface area contributed by atoms with Gasteiger partial charge in [0.25, 0.3) is 0 Å². The van der Waals surface area contributed by atoms with E-state index < -0.39 is 12.3 Å². The monoisotopic (exact) mass is 164 g/mol. The maximum atomic E-state index is 12.7. The largest absolute Gasteiger partial charge is 0.384 e. The van der Waals surface area contributed by atoms with Gasteiger partial charge in [0, 0.05) is 0 Å². The molecule has 0 saturated heterocycles. The van der Waals surface area contributed by atoms with Gasteiger partial charge in [-0.1, -0.05) is 36.3 Å². The molecule has 62 valence electrons. The van der Waals surface area contributed by atoms with Crippen molar-refractivity contribution in [1.82, 2.24) is 0 Å². The first kappa shape index (κ1) is 8.76. The standard InChI is InChI=1S/C10H9FO/c1-2-9(11)10(12)8-6-4-3-5-7-8/h1,3-7,9-10,12H. The predicted octanol–water partition coefficient (Wildman–Crippen LogP) is 1.69. The molecule has 0 bridgehead atoms. The SMILES string of the molecule is C#CC(F)C(O)c1ccccc1. The van der Waals surface area contributed by atoms with E-state index in [9.17, 15) is 9.50 Å². The van der Waals surface area contributed by atoms with Crippen LogP contribution in [-0.2, 0) is 0 Å². The summed E-state index contributed by atoms with van der Waals surface area (Å²) in [6.07, 6.45) is 1.98. The fraction of sp³-hybridized carbons (Fsp3) is 0.200. The van der Waals surface area contributed by atoms with E-state index in [2.05, 4.69) is 0 Å². The van der Waals surface area contributed by atoms with Gasteiger partial charge in [-0.3, -0.25) is 0 Å². The van der Waals surface area contributed by atoms with Crippen molar-refractivity contribution < 1.29 is 9.50 Å². The van der Waals surface area contributed by atoms with Gasteiger partial charge in [0.15, 0.2) is 6.17 Å². The molecule has 0 saturated carbocycles. The second-order valence-electron chi connectivity index (χ2n) is 2.42. The molecule has 1 N–H and O–H groups in total. The quantitative estimate of drug-likeness (QED) is 0.659. The van der Waals surface area contributed by atoms with Crippen LogP contribution in [0.25, 0.3) is 0 Å². The Balaban J connectivity index is 2.80. The Bertz CT molecular complexity index is 276. The van der Waals surface area contributed by atoms with Gasteiger partial charge in [-0.05, 0) is 5.56 Å². The summed E-state index contributed by atoms with van der Waals surface area (Å²) >= 11 is 0. The fourth-order valence-electron chi connectivity index (χ4n) is 0.910. The minimum absolute atomic E-state index is 0.503. The fourth-order valence-corrected chi connectivity index (χ4v) is 0.910. The summed E-state index contributed by atoms with van der Waals surface area (Å²) in [7, 11) is 0. The molecule has 0 heterocycles. The highest BCUT2D eigenvalue weighted by molar-refractivity contribution is 5.20. The van der Waals surface area contributed by atoms with Crippen LogP contribution in [0.15, 0.2) is 30.3 Å². The summed E-state index contributed by atoms with van der Waals surface area (Å²) in [5, 5.41) is 9.27. The molecular weight excluding hydrogens is 155 g/mol. The first-order valence-corrected chi connectivity index (χ1v) is 3.59. The zero-order chi connectivity index (χ0) is 8.97. The maximum absolute atomic E-state index is 12.7. The van der Waals surface area contributed by atoms with Crippen molar-refractivity contribution in [2.45, 2.75) is 12.3 Å². The van der Waals surface area contributed by atoms with Crippen molar-refractivity contribution in [1.29, 1.82) is 0 Å². The van der Waals surface area contributed by atoms with Crippen molar-refractivity contribution in [3.63, 3.8) is 0 Å². The number of aliphatic hydroxyl groups excluding tert-OH is 1. The lowest BCUT2D eigenvalue weighted by molar-refractivity contribution is 0.108. The summed E-state index contributed by atoms with van der Waals surface area (Å²) in [5.41, 5.74) is 0.503. The van der Waals surface area contributed by atoms with Crippen LogP contribution in [-0.4, -0.2) is 11.3 Å². The molecule has 2 atom stereocenters. The van der Waals surface area contributed by atoms with Crippen molar-refractivity contribution >= 4 is 0 Å². The van der Waals surface area contributed by atoms with Gasteiger partial charge in [0.05, 0.1) is 0 Å². The van der Waals surface area contributed by atoms with Crippen LogP contribution >= 0.6 is 0 Å². The molecule has 0 amide bonds. The van der Waals surface area contributed by atoms with Gasteiger partial charge in [-0.15, -0.1) is 6.42 Å². The average Bonchev–Trinajstić information content (AvgIpc) is 2.17. The number of aliphatic hydroxyl groups is 1. The topological polar surface area (TPSA) is 20.2 Å². The number of benzene rings is 1. The van der Waals surface area contributed by atoms with Crippen molar-refractivity contribution in [3.05, 3.63) is 35.9 Å². The van der Waals surface area contributed by atoms with E-state index >= 15 is 0 Å². The van der Waals surface area contributed by atoms with E-state index in [1.54, 1.807) is 30.3 Å². The molecule has 12 heavy (non-hydrogen) atoms. The van der Waals surface area contributed by atoms with Gasteiger partial charge in [-0.25, -0.2) is 4.39 Å². The predicted molar refractivity (Wildman–Crippen MR) is 45.1 cm³/mol. The Labute approximate surface area is 70.9 Å². The number of rotatable bonds is 2. The maximum Gasteiger partial charge on any atom is 0.190 e. The molecule has 0 aliphatic rings. The molecule has 1 rings (SSSR count). The van der Waals surface area contributed by atoms with Gasteiger partial charge in [0.2, 0.25) is 0 Å². The number of halogens is 1. The minimum Gasteiger partial charge on any atom is -0.384 e. The Morgan fingerprint density at radius 1 is 1.33 bits per heavy atom. The Morgan fingerprint density at radius 2 is 1.92 bits per heavy atom. The summed E-state index contributed by atoms with van der Waals surface area (Å²) in [6, 6.07) is 8.51. The normalized spacial score (nSPS) is 14.8. The average molecular weight is 164 g/mol.